The summed E-state index contributed by atoms with van der Waals surface area (Å²) in [6, 6.07) is 17.3. The van der Waals surface area contributed by atoms with E-state index < -0.39 is 0 Å². The third-order valence-corrected chi connectivity index (χ3v) is 4.28. The SMILES string of the molecule is C/C=C\C=C(/C=C(C)C)c1ccc2cc(-c3cccc(C)c3)cnc2c1. The Morgan fingerprint density at radius 2 is 1.81 bits per heavy atom. The summed E-state index contributed by atoms with van der Waals surface area (Å²) in [6.45, 7) is 8.39. The highest BCUT2D eigenvalue weighted by Gasteiger charge is 2.04. The molecule has 1 heterocycles. The Hall–Kier alpha value is -2.93. The van der Waals surface area contributed by atoms with Crippen molar-refractivity contribution in [2.45, 2.75) is 27.7 Å². The molecule has 0 N–H and O–H groups in total. The molecule has 0 atom stereocenters. The average Bonchev–Trinajstić information content (AvgIpc) is 2.64. The second-order valence-electron chi connectivity index (χ2n) is 6.87. The number of benzene rings is 2. The predicted molar refractivity (Wildman–Crippen MR) is 114 cm³/mol. The lowest BCUT2D eigenvalue weighted by Gasteiger charge is -2.08. The summed E-state index contributed by atoms with van der Waals surface area (Å²) >= 11 is 0. The molecule has 0 saturated heterocycles. The van der Waals surface area contributed by atoms with Crippen molar-refractivity contribution in [1.29, 1.82) is 0 Å². The fraction of sp³-hybridized carbons (Fsp3) is 0.160. The number of aromatic nitrogens is 1. The van der Waals surface area contributed by atoms with E-state index in [9.17, 15) is 0 Å². The number of pyridine rings is 1. The van der Waals surface area contributed by atoms with Crippen LogP contribution in [0.25, 0.3) is 27.6 Å². The second-order valence-corrected chi connectivity index (χ2v) is 6.87. The molecule has 2 aromatic carbocycles. The first-order chi connectivity index (χ1) is 12.6. The summed E-state index contributed by atoms with van der Waals surface area (Å²) in [5.41, 5.74) is 8.32. The molecule has 1 aromatic heterocycles. The lowest BCUT2D eigenvalue weighted by Crippen LogP contribution is -1.87. The van der Waals surface area contributed by atoms with Crippen LogP contribution >= 0.6 is 0 Å². The first-order valence-electron chi connectivity index (χ1n) is 9.02. The Morgan fingerprint density at radius 1 is 0.962 bits per heavy atom. The van der Waals surface area contributed by atoms with E-state index in [0.717, 1.165) is 16.5 Å². The van der Waals surface area contributed by atoms with E-state index in [1.807, 2.05) is 19.2 Å². The first kappa shape index (κ1) is 17.9. The van der Waals surface area contributed by atoms with Gasteiger partial charge in [0.1, 0.15) is 0 Å². The van der Waals surface area contributed by atoms with Crippen LogP contribution in [0, 0.1) is 6.92 Å². The third-order valence-electron chi connectivity index (χ3n) is 4.28. The molecule has 0 aliphatic carbocycles. The van der Waals surface area contributed by atoms with Crippen LogP contribution in [0.3, 0.4) is 0 Å². The molecule has 1 heteroatoms. The average molecular weight is 339 g/mol. The lowest BCUT2D eigenvalue weighted by molar-refractivity contribution is 1.38. The van der Waals surface area contributed by atoms with Crippen LogP contribution in [0.5, 0.6) is 0 Å². The molecule has 0 aliphatic heterocycles. The summed E-state index contributed by atoms with van der Waals surface area (Å²) < 4.78 is 0. The Kier molecular flexibility index (Phi) is 5.48. The Labute approximate surface area is 156 Å². The van der Waals surface area contributed by atoms with E-state index in [1.54, 1.807) is 0 Å². The zero-order chi connectivity index (χ0) is 18.5. The molecule has 0 fully saturated rings. The molecule has 0 saturated carbocycles. The maximum atomic E-state index is 4.72. The molecule has 0 unspecified atom stereocenters. The van der Waals surface area contributed by atoms with Crippen molar-refractivity contribution in [2.75, 3.05) is 0 Å². The molecule has 3 aromatic rings. The minimum Gasteiger partial charge on any atom is -0.256 e. The lowest BCUT2D eigenvalue weighted by atomic mass is 9.99. The minimum absolute atomic E-state index is 1.02. The van der Waals surface area contributed by atoms with Gasteiger partial charge in [0.25, 0.3) is 0 Å². The molecule has 3 rings (SSSR count). The van der Waals surface area contributed by atoms with Gasteiger partial charge in [-0.2, -0.15) is 0 Å². The largest absolute Gasteiger partial charge is 0.256 e. The summed E-state index contributed by atoms with van der Waals surface area (Å²) in [4.78, 5) is 4.72. The van der Waals surface area contributed by atoms with Crippen LogP contribution in [0.1, 0.15) is 31.9 Å². The highest BCUT2D eigenvalue weighted by molar-refractivity contribution is 5.88. The number of fused-ring (bicyclic) bond motifs is 1. The zero-order valence-corrected chi connectivity index (χ0v) is 16.0. The summed E-state index contributed by atoms with van der Waals surface area (Å²) in [6.07, 6.45) is 10.5. The van der Waals surface area contributed by atoms with Crippen LogP contribution in [-0.4, -0.2) is 4.98 Å². The van der Waals surface area contributed by atoms with Crippen molar-refractivity contribution >= 4 is 16.5 Å². The topological polar surface area (TPSA) is 12.9 Å². The van der Waals surface area contributed by atoms with Crippen LogP contribution in [-0.2, 0) is 0 Å². The van der Waals surface area contributed by atoms with Gasteiger partial charge in [0.2, 0.25) is 0 Å². The number of nitrogens with zero attached hydrogens (tertiary/aromatic N) is 1. The molecule has 0 bridgehead atoms. The summed E-state index contributed by atoms with van der Waals surface area (Å²) in [7, 11) is 0. The van der Waals surface area contributed by atoms with E-state index in [2.05, 4.69) is 87.5 Å². The zero-order valence-electron chi connectivity index (χ0n) is 16.0. The van der Waals surface area contributed by atoms with Crippen molar-refractivity contribution in [3.8, 4) is 11.1 Å². The van der Waals surface area contributed by atoms with Crippen LogP contribution in [0.4, 0.5) is 0 Å². The molecular weight excluding hydrogens is 314 g/mol. The summed E-state index contributed by atoms with van der Waals surface area (Å²) in [5.74, 6) is 0. The quantitative estimate of drug-likeness (QED) is 0.460. The molecule has 0 spiro atoms. The van der Waals surface area contributed by atoms with Gasteiger partial charge in [0.15, 0.2) is 0 Å². The van der Waals surface area contributed by atoms with Crippen molar-refractivity contribution in [3.63, 3.8) is 0 Å². The van der Waals surface area contributed by atoms with Gasteiger partial charge in [0.05, 0.1) is 5.52 Å². The highest BCUT2D eigenvalue weighted by atomic mass is 14.6. The fourth-order valence-electron chi connectivity index (χ4n) is 3.02. The van der Waals surface area contributed by atoms with Gasteiger partial charge in [-0.3, -0.25) is 4.98 Å². The molecular formula is C25H25N. The number of aryl methyl sites for hydroxylation is 1. The van der Waals surface area contributed by atoms with Gasteiger partial charge in [-0.15, -0.1) is 0 Å². The van der Waals surface area contributed by atoms with Gasteiger partial charge in [-0.1, -0.05) is 71.8 Å². The van der Waals surface area contributed by atoms with Crippen molar-refractivity contribution in [3.05, 3.63) is 95.7 Å². The maximum absolute atomic E-state index is 4.72. The smallest absolute Gasteiger partial charge is 0.0708 e. The maximum Gasteiger partial charge on any atom is 0.0708 e. The van der Waals surface area contributed by atoms with E-state index >= 15 is 0 Å². The normalized spacial score (nSPS) is 11.9. The van der Waals surface area contributed by atoms with Crippen LogP contribution < -0.4 is 0 Å². The highest BCUT2D eigenvalue weighted by Crippen LogP contribution is 2.26. The fourth-order valence-corrected chi connectivity index (χ4v) is 3.02. The van der Waals surface area contributed by atoms with Gasteiger partial charge in [-0.25, -0.2) is 0 Å². The first-order valence-corrected chi connectivity index (χ1v) is 9.02. The van der Waals surface area contributed by atoms with Gasteiger partial charge < -0.3 is 0 Å². The van der Waals surface area contributed by atoms with Crippen molar-refractivity contribution in [1.82, 2.24) is 4.98 Å². The van der Waals surface area contributed by atoms with E-state index in [1.165, 1.54) is 27.8 Å². The molecule has 130 valence electrons. The number of allylic oxidation sites excluding steroid dienone is 6. The van der Waals surface area contributed by atoms with E-state index in [0.29, 0.717) is 0 Å². The Bertz CT molecular complexity index is 1020. The Balaban J connectivity index is 2.05. The predicted octanol–water partition coefficient (Wildman–Crippen LogP) is 7.14. The van der Waals surface area contributed by atoms with Crippen molar-refractivity contribution in [2.24, 2.45) is 0 Å². The van der Waals surface area contributed by atoms with Gasteiger partial charge in [0, 0.05) is 17.1 Å². The molecule has 1 nitrogen and oxygen atoms in total. The van der Waals surface area contributed by atoms with Crippen LogP contribution in [0.15, 0.2) is 84.6 Å². The van der Waals surface area contributed by atoms with Crippen LogP contribution in [0.2, 0.25) is 0 Å². The third kappa shape index (κ3) is 4.18. The van der Waals surface area contributed by atoms with Gasteiger partial charge >= 0.3 is 0 Å². The number of hydrogen-bond acceptors (Lipinski definition) is 1. The molecule has 0 radical (unpaired) electrons. The molecule has 0 amide bonds. The van der Waals surface area contributed by atoms with Gasteiger partial charge in [-0.05, 0) is 56.5 Å². The summed E-state index contributed by atoms with van der Waals surface area (Å²) in [5, 5.41) is 1.16. The van der Waals surface area contributed by atoms with E-state index in [-0.39, 0.29) is 0 Å². The Morgan fingerprint density at radius 3 is 2.54 bits per heavy atom. The standard InChI is InChI=1S/C25H25N/c1-5-6-9-20(13-18(2)3)22-11-12-23-15-24(17-26-25(23)16-22)21-10-7-8-19(4)14-21/h5-17H,1-4H3/b6-5-,20-9+. The molecule has 0 aliphatic rings. The number of hydrogen-bond donors (Lipinski definition) is 0. The van der Waals surface area contributed by atoms with E-state index in [4.69, 9.17) is 4.98 Å². The second kappa shape index (κ2) is 7.97. The monoisotopic (exact) mass is 339 g/mol. The van der Waals surface area contributed by atoms with Crippen molar-refractivity contribution < 1.29 is 0 Å². The minimum atomic E-state index is 1.02. The molecule has 26 heavy (non-hydrogen) atoms. The number of rotatable bonds is 4.